The molecule has 0 unspecified atom stereocenters. The molecule has 0 radical (unpaired) electrons. The van der Waals surface area contributed by atoms with E-state index in [-0.39, 0.29) is 10.8 Å². The van der Waals surface area contributed by atoms with E-state index in [1.807, 2.05) is 4.90 Å². The molecule has 100 valence electrons. The second kappa shape index (κ2) is 3.83. The van der Waals surface area contributed by atoms with E-state index < -0.39 is 0 Å². The van der Waals surface area contributed by atoms with Gasteiger partial charge in [-0.25, -0.2) is 0 Å². The van der Waals surface area contributed by atoms with Crippen LogP contribution in [0, 0.1) is 16.7 Å². The lowest BCUT2D eigenvalue weighted by Crippen LogP contribution is -2.48. The Bertz CT molecular complexity index is 395. The minimum absolute atomic E-state index is 0.139. The van der Waals surface area contributed by atoms with Gasteiger partial charge in [0.15, 0.2) is 0 Å². The number of carbonyl (C=O) groups is 1. The van der Waals surface area contributed by atoms with Gasteiger partial charge in [-0.2, -0.15) is 0 Å². The van der Waals surface area contributed by atoms with Crippen molar-refractivity contribution in [3.05, 3.63) is 12.2 Å². The van der Waals surface area contributed by atoms with Crippen LogP contribution in [0.15, 0.2) is 12.2 Å². The average molecular weight is 249 g/mol. The van der Waals surface area contributed by atoms with Crippen molar-refractivity contribution in [2.45, 2.75) is 33.1 Å². The zero-order valence-electron chi connectivity index (χ0n) is 11.5. The molecule has 3 rings (SSSR count). The van der Waals surface area contributed by atoms with Gasteiger partial charge >= 0.3 is 0 Å². The second-order valence-corrected chi connectivity index (χ2v) is 6.63. The topological polar surface area (TPSA) is 29.5 Å². The van der Waals surface area contributed by atoms with Gasteiger partial charge in [-0.15, -0.1) is 0 Å². The zero-order valence-corrected chi connectivity index (χ0v) is 11.5. The van der Waals surface area contributed by atoms with E-state index in [1.165, 1.54) is 12.0 Å². The zero-order chi connectivity index (χ0) is 13.0. The highest BCUT2D eigenvalue weighted by molar-refractivity contribution is 5.87. The van der Waals surface area contributed by atoms with Gasteiger partial charge in [0.25, 0.3) is 0 Å². The molecule has 1 amide bonds. The molecule has 1 aliphatic heterocycles. The standard InChI is InChI=1S/C15H23NO2/c1-11-14(2,3)12-4-5-15(11,10-12)13(17)16-6-8-18-9-7-16/h12H,1,4-10H2,2-3H3/t12-,15+/m1/s1. The normalized spacial score (nSPS) is 38.2. The molecule has 2 aliphatic carbocycles. The molecule has 3 heteroatoms. The summed E-state index contributed by atoms with van der Waals surface area (Å²) in [7, 11) is 0. The van der Waals surface area contributed by atoms with Crippen LogP contribution in [0.4, 0.5) is 0 Å². The highest BCUT2D eigenvalue weighted by Crippen LogP contribution is 2.65. The lowest BCUT2D eigenvalue weighted by atomic mass is 9.68. The van der Waals surface area contributed by atoms with Crippen LogP contribution in [0.5, 0.6) is 0 Å². The first kappa shape index (κ1) is 12.2. The molecule has 0 aromatic carbocycles. The molecule has 0 aromatic rings. The molecule has 2 atom stereocenters. The van der Waals surface area contributed by atoms with E-state index in [1.54, 1.807) is 0 Å². The smallest absolute Gasteiger partial charge is 0.233 e. The maximum atomic E-state index is 12.9. The Morgan fingerprint density at radius 1 is 1.39 bits per heavy atom. The van der Waals surface area contributed by atoms with Gasteiger partial charge in [0.05, 0.1) is 18.6 Å². The van der Waals surface area contributed by atoms with Crippen molar-refractivity contribution in [3.8, 4) is 0 Å². The third kappa shape index (κ3) is 1.43. The summed E-state index contributed by atoms with van der Waals surface area (Å²) in [5.41, 5.74) is 1.08. The third-order valence-electron chi connectivity index (χ3n) is 5.60. The fourth-order valence-electron chi connectivity index (χ4n) is 4.19. The molecule has 18 heavy (non-hydrogen) atoms. The first-order valence-electron chi connectivity index (χ1n) is 7.05. The Morgan fingerprint density at radius 3 is 2.61 bits per heavy atom. The van der Waals surface area contributed by atoms with E-state index in [0.29, 0.717) is 25.0 Å². The maximum Gasteiger partial charge on any atom is 0.233 e. The van der Waals surface area contributed by atoms with Crippen LogP contribution in [0.1, 0.15) is 33.1 Å². The fourth-order valence-corrected chi connectivity index (χ4v) is 4.19. The summed E-state index contributed by atoms with van der Waals surface area (Å²) >= 11 is 0. The van der Waals surface area contributed by atoms with Crippen LogP contribution in [0.3, 0.4) is 0 Å². The van der Waals surface area contributed by atoms with E-state index >= 15 is 0 Å². The lowest BCUT2D eigenvalue weighted by Gasteiger charge is -2.40. The summed E-state index contributed by atoms with van der Waals surface area (Å²) in [4.78, 5) is 14.9. The Labute approximate surface area is 109 Å². The SMILES string of the molecule is C=C1C(C)(C)[C@@H]2CC[C@]1(C(=O)N1CCOCC1)C2. The van der Waals surface area contributed by atoms with Crippen LogP contribution >= 0.6 is 0 Å². The molecule has 1 heterocycles. The maximum absolute atomic E-state index is 12.9. The quantitative estimate of drug-likeness (QED) is 0.667. The van der Waals surface area contributed by atoms with Crippen molar-refractivity contribution in [1.82, 2.24) is 4.90 Å². The molecule has 3 fully saturated rings. The summed E-state index contributed by atoms with van der Waals surface area (Å²) < 4.78 is 5.34. The molecule has 0 N–H and O–H groups in total. The fraction of sp³-hybridized carbons (Fsp3) is 0.800. The van der Waals surface area contributed by atoms with Gasteiger partial charge in [-0.05, 0) is 30.6 Å². The minimum atomic E-state index is -0.245. The van der Waals surface area contributed by atoms with Crippen molar-refractivity contribution in [3.63, 3.8) is 0 Å². The Balaban J connectivity index is 1.87. The predicted octanol–water partition coefficient (Wildman–Crippen LogP) is 2.23. The molecule has 1 saturated heterocycles. The first-order chi connectivity index (χ1) is 8.48. The number of fused-ring (bicyclic) bond motifs is 2. The summed E-state index contributed by atoms with van der Waals surface area (Å²) in [5.74, 6) is 0.971. The number of morpholine rings is 1. The predicted molar refractivity (Wildman–Crippen MR) is 70.1 cm³/mol. The second-order valence-electron chi connectivity index (χ2n) is 6.63. The third-order valence-corrected chi connectivity index (χ3v) is 5.60. The number of nitrogens with zero attached hydrogens (tertiary/aromatic N) is 1. The van der Waals surface area contributed by atoms with E-state index in [2.05, 4.69) is 20.4 Å². The molecule has 0 aromatic heterocycles. The van der Waals surface area contributed by atoms with Crippen LogP contribution < -0.4 is 0 Å². The van der Waals surface area contributed by atoms with Gasteiger partial charge in [-0.1, -0.05) is 26.0 Å². The molecular formula is C15H23NO2. The highest BCUT2D eigenvalue weighted by Gasteiger charge is 2.61. The molecule has 2 bridgehead atoms. The Kier molecular flexibility index (Phi) is 2.60. The van der Waals surface area contributed by atoms with Crippen LogP contribution in [0.25, 0.3) is 0 Å². The van der Waals surface area contributed by atoms with Gasteiger partial charge in [-0.3, -0.25) is 4.79 Å². The van der Waals surface area contributed by atoms with E-state index in [0.717, 1.165) is 25.9 Å². The Hall–Kier alpha value is -0.830. The molecule has 0 spiro atoms. The minimum Gasteiger partial charge on any atom is -0.378 e. The monoisotopic (exact) mass is 249 g/mol. The van der Waals surface area contributed by atoms with Gasteiger partial charge in [0.1, 0.15) is 0 Å². The van der Waals surface area contributed by atoms with E-state index in [9.17, 15) is 4.79 Å². The molecule has 3 nitrogen and oxygen atoms in total. The molecule has 3 aliphatic rings. The van der Waals surface area contributed by atoms with Gasteiger partial charge in [0.2, 0.25) is 5.91 Å². The number of rotatable bonds is 1. The molecule has 2 saturated carbocycles. The van der Waals surface area contributed by atoms with Crippen molar-refractivity contribution in [2.75, 3.05) is 26.3 Å². The van der Waals surface area contributed by atoms with Gasteiger partial charge < -0.3 is 9.64 Å². The van der Waals surface area contributed by atoms with Crippen molar-refractivity contribution < 1.29 is 9.53 Å². The Morgan fingerprint density at radius 2 is 2.06 bits per heavy atom. The summed E-state index contributed by atoms with van der Waals surface area (Å²) in [6, 6.07) is 0. The van der Waals surface area contributed by atoms with Crippen LogP contribution in [0.2, 0.25) is 0 Å². The lowest BCUT2D eigenvalue weighted by molar-refractivity contribution is -0.143. The van der Waals surface area contributed by atoms with Crippen LogP contribution in [-0.4, -0.2) is 37.1 Å². The highest BCUT2D eigenvalue weighted by atomic mass is 16.5. The number of carbonyl (C=O) groups excluding carboxylic acids is 1. The van der Waals surface area contributed by atoms with E-state index in [4.69, 9.17) is 4.74 Å². The van der Waals surface area contributed by atoms with Gasteiger partial charge in [0, 0.05) is 13.1 Å². The van der Waals surface area contributed by atoms with Crippen molar-refractivity contribution >= 4 is 5.91 Å². The summed E-state index contributed by atoms with van der Waals surface area (Å²) in [6.07, 6.45) is 3.22. The largest absolute Gasteiger partial charge is 0.378 e. The first-order valence-corrected chi connectivity index (χ1v) is 7.05. The summed E-state index contributed by atoms with van der Waals surface area (Å²) in [5, 5.41) is 0. The molecular weight excluding hydrogens is 226 g/mol. The average Bonchev–Trinajstić information content (AvgIpc) is 2.90. The number of amides is 1. The number of hydrogen-bond donors (Lipinski definition) is 0. The van der Waals surface area contributed by atoms with Crippen molar-refractivity contribution in [2.24, 2.45) is 16.7 Å². The summed E-state index contributed by atoms with van der Waals surface area (Å²) in [6.45, 7) is 11.7. The van der Waals surface area contributed by atoms with Crippen molar-refractivity contribution in [1.29, 1.82) is 0 Å². The number of hydrogen-bond acceptors (Lipinski definition) is 2. The number of ether oxygens (including phenoxy) is 1. The van der Waals surface area contributed by atoms with Crippen LogP contribution in [-0.2, 0) is 9.53 Å².